The van der Waals surface area contributed by atoms with E-state index in [1.54, 1.807) is 25.1 Å². The van der Waals surface area contributed by atoms with Gasteiger partial charge in [-0.1, -0.05) is 79.7 Å². The fourth-order valence-electron chi connectivity index (χ4n) is 3.45. The molecule has 0 saturated heterocycles. The lowest BCUT2D eigenvalue weighted by molar-refractivity contribution is -0.138. The van der Waals surface area contributed by atoms with Crippen LogP contribution in [0.3, 0.4) is 0 Å². The van der Waals surface area contributed by atoms with E-state index < -0.39 is 11.9 Å². The molecule has 0 fully saturated rings. The van der Waals surface area contributed by atoms with Crippen molar-refractivity contribution in [3.63, 3.8) is 0 Å². The predicted molar refractivity (Wildman–Crippen MR) is 112 cm³/mol. The largest absolute Gasteiger partial charge is 0.489 e. The van der Waals surface area contributed by atoms with E-state index in [0.29, 0.717) is 17.9 Å². The predicted octanol–water partition coefficient (Wildman–Crippen LogP) is 5.34. The van der Waals surface area contributed by atoms with E-state index in [1.807, 2.05) is 66.7 Å². The molecule has 4 heteroatoms. The molecule has 0 saturated carbocycles. The van der Waals surface area contributed by atoms with Crippen LogP contribution in [-0.2, 0) is 11.4 Å². The number of aliphatic carboxylic acids is 1. The number of carbonyl (C=O) groups is 2. The highest BCUT2D eigenvalue weighted by atomic mass is 16.5. The highest BCUT2D eigenvalue weighted by molar-refractivity contribution is 6.01. The van der Waals surface area contributed by atoms with Gasteiger partial charge < -0.3 is 9.84 Å². The molecule has 4 nitrogen and oxygen atoms in total. The van der Waals surface area contributed by atoms with Gasteiger partial charge in [0.25, 0.3) is 0 Å². The molecular weight excluding hydrogens is 364 g/mol. The Morgan fingerprint density at radius 2 is 1.55 bits per heavy atom. The zero-order valence-electron chi connectivity index (χ0n) is 16.3. The fourth-order valence-corrected chi connectivity index (χ4v) is 3.45. The summed E-state index contributed by atoms with van der Waals surface area (Å²) in [6.45, 7) is 2.22. The van der Waals surface area contributed by atoms with Gasteiger partial charge in [-0.15, -0.1) is 0 Å². The van der Waals surface area contributed by atoms with Gasteiger partial charge in [0.15, 0.2) is 5.78 Å². The maximum absolute atomic E-state index is 13.3. The highest BCUT2D eigenvalue weighted by Crippen LogP contribution is 2.31. The van der Waals surface area contributed by atoms with Crippen LogP contribution in [-0.4, -0.2) is 16.9 Å². The van der Waals surface area contributed by atoms with E-state index in [0.717, 1.165) is 11.1 Å². The molecule has 0 aliphatic rings. The summed E-state index contributed by atoms with van der Waals surface area (Å²) < 4.78 is 5.85. The molecule has 0 amide bonds. The summed E-state index contributed by atoms with van der Waals surface area (Å²) >= 11 is 0. The quantitative estimate of drug-likeness (QED) is 0.502. The van der Waals surface area contributed by atoms with Crippen LogP contribution in [0, 0.1) is 5.92 Å². The number of ketones is 1. The minimum absolute atomic E-state index is 0.0739. The molecule has 148 valence electrons. The number of Topliss-reactive ketones (excluding diaryl/α,β-unsaturated/α-hetero) is 1. The lowest BCUT2D eigenvalue weighted by Gasteiger charge is -2.22. The summed E-state index contributed by atoms with van der Waals surface area (Å²) in [6, 6.07) is 26.3. The molecule has 3 rings (SSSR count). The fraction of sp³-hybridized carbons (Fsp3) is 0.200. The first-order chi connectivity index (χ1) is 14.0. The van der Waals surface area contributed by atoms with E-state index >= 15 is 0 Å². The van der Waals surface area contributed by atoms with Gasteiger partial charge in [0.1, 0.15) is 12.4 Å². The molecule has 2 unspecified atom stereocenters. The van der Waals surface area contributed by atoms with Crippen LogP contribution in [0.4, 0.5) is 0 Å². The van der Waals surface area contributed by atoms with Crippen molar-refractivity contribution in [2.75, 3.05) is 0 Å². The molecule has 0 heterocycles. The average molecular weight is 388 g/mol. The van der Waals surface area contributed by atoms with Crippen molar-refractivity contribution in [2.24, 2.45) is 5.92 Å². The zero-order valence-corrected chi connectivity index (χ0v) is 16.3. The average Bonchev–Trinajstić information content (AvgIpc) is 2.73. The van der Waals surface area contributed by atoms with Gasteiger partial charge in [0.2, 0.25) is 0 Å². The molecular formula is C25H24O4. The van der Waals surface area contributed by atoms with Crippen molar-refractivity contribution in [1.82, 2.24) is 0 Å². The molecule has 0 bridgehead atoms. The van der Waals surface area contributed by atoms with E-state index in [-0.39, 0.29) is 18.1 Å². The minimum atomic E-state index is -0.911. The number of rotatable bonds is 9. The Kier molecular flexibility index (Phi) is 6.80. The minimum Gasteiger partial charge on any atom is -0.489 e. The summed E-state index contributed by atoms with van der Waals surface area (Å²) in [5.74, 6) is -1.27. The van der Waals surface area contributed by atoms with E-state index in [9.17, 15) is 14.7 Å². The van der Waals surface area contributed by atoms with Crippen LogP contribution in [0.2, 0.25) is 0 Å². The van der Waals surface area contributed by atoms with Gasteiger partial charge in [0.05, 0.1) is 5.92 Å². The van der Waals surface area contributed by atoms with Crippen molar-refractivity contribution >= 4 is 11.8 Å². The molecule has 0 aliphatic heterocycles. The summed E-state index contributed by atoms with van der Waals surface area (Å²) in [6.07, 6.45) is -0.0739. The molecule has 3 aromatic carbocycles. The first-order valence-electron chi connectivity index (χ1n) is 9.62. The van der Waals surface area contributed by atoms with Crippen molar-refractivity contribution in [2.45, 2.75) is 25.9 Å². The molecule has 29 heavy (non-hydrogen) atoms. The third-order valence-electron chi connectivity index (χ3n) is 4.87. The zero-order chi connectivity index (χ0) is 20.6. The van der Waals surface area contributed by atoms with Crippen LogP contribution < -0.4 is 4.74 Å². The van der Waals surface area contributed by atoms with Crippen LogP contribution in [0.15, 0.2) is 84.9 Å². The SMILES string of the molecule is CC(CC(=O)O)C(C(=O)c1cccc(OCc2ccccc2)c1)c1ccccc1. The third-order valence-corrected chi connectivity index (χ3v) is 4.87. The van der Waals surface area contributed by atoms with Crippen molar-refractivity contribution < 1.29 is 19.4 Å². The van der Waals surface area contributed by atoms with E-state index in [4.69, 9.17) is 4.74 Å². The van der Waals surface area contributed by atoms with Gasteiger partial charge in [-0.25, -0.2) is 0 Å². The molecule has 0 spiro atoms. The van der Waals surface area contributed by atoms with Crippen LogP contribution in [0.25, 0.3) is 0 Å². The van der Waals surface area contributed by atoms with Crippen molar-refractivity contribution in [3.05, 3.63) is 102 Å². The first kappa shape index (κ1) is 20.3. The second kappa shape index (κ2) is 9.69. The van der Waals surface area contributed by atoms with Crippen molar-refractivity contribution in [3.8, 4) is 5.75 Å². The Bertz CT molecular complexity index is 951. The Balaban J connectivity index is 1.82. The molecule has 1 N–H and O–H groups in total. The number of benzene rings is 3. The highest BCUT2D eigenvalue weighted by Gasteiger charge is 2.29. The number of ether oxygens (including phenoxy) is 1. The van der Waals surface area contributed by atoms with Crippen LogP contribution in [0.5, 0.6) is 5.75 Å². The Labute approximate surface area is 170 Å². The topological polar surface area (TPSA) is 63.6 Å². The lowest BCUT2D eigenvalue weighted by atomic mass is 9.80. The first-order valence-corrected chi connectivity index (χ1v) is 9.62. The molecule has 0 radical (unpaired) electrons. The maximum atomic E-state index is 13.3. The van der Waals surface area contributed by atoms with Crippen LogP contribution in [0.1, 0.15) is 40.7 Å². The number of hydrogen-bond acceptors (Lipinski definition) is 3. The standard InChI is InChI=1S/C25H24O4/c1-18(15-23(26)27)24(20-11-6-3-7-12-20)25(28)21-13-8-14-22(16-21)29-17-19-9-4-2-5-10-19/h2-14,16,18,24H,15,17H2,1H3,(H,26,27). The summed E-state index contributed by atoms with van der Waals surface area (Å²) in [7, 11) is 0. The van der Waals surface area contributed by atoms with Gasteiger partial charge in [-0.2, -0.15) is 0 Å². The van der Waals surface area contributed by atoms with Crippen molar-refractivity contribution in [1.29, 1.82) is 0 Å². The molecule has 3 aromatic rings. The Morgan fingerprint density at radius 1 is 0.897 bits per heavy atom. The monoisotopic (exact) mass is 388 g/mol. The van der Waals surface area contributed by atoms with Gasteiger partial charge in [-0.3, -0.25) is 9.59 Å². The molecule has 2 atom stereocenters. The second-order valence-electron chi connectivity index (χ2n) is 7.13. The van der Waals surface area contributed by atoms with Gasteiger partial charge >= 0.3 is 5.97 Å². The summed E-state index contributed by atoms with van der Waals surface area (Å²) in [4.78, 5) is 24.6. The maximum Gasteiger partial charge on any atom is 0.303 e. The number of hydrogen-bond donors (Lipinski definition) is 1. The Hall–Kier alpha value is -3.40. The normalized spacial score (nSPS) is 12.7. The smallest absolute Gasteiger partial charge is 0.303 e. The summed E-state index contributed by atoms with van der Waals surface area (Å²) in [5.41, 5.74) is 2.38. The number of carboxylic acid groups (broad SMARTS) is 1. The molecule has 0 aromatic heterocycles. The van der Waals surface area contributed by atoms with Crippen LogP contribution >= 0.6 is 0 Å². The number of carboxylic acids is 1. The van der Waals surface area contributed by atoms with E-state index in [2.05, 4.69) is 0 Å². The van der Waals surface area contributed by atoms with E-state index in [1.165, 1.54) is 0 Å². The number of carbonyl (C=O) groups excluding carboxylic acids is 1. The molecule has 0 aliphatic carbocycles. The third kappa shape index (κ3) is 5.55. The second-order valence-corrected chi connectivity index (χ2v) is 7.13. The van der Waals surface area contributed by atoms with Gasteiger partial charge in [-0.05, 0) is 29.2 Å². The van der Waals surface area contributed by atoms with Gasteiger partial charge in [0, 0.05) is 12.0 Å². The Morgan fingerprint density at radius 3 is 2.21 bits per heavy atom. The lowest BCUT2D eigenvalue weighted by Crippen LogP contribution is -2.22. The summed E-state index contributed by atoms with van der Waals surface area (Å²) in [5, 5.41) is 9.22.